The van der Waals surface area contributed by atoms with Crippen LogP contribution in [-0.2, 0) is 16.4 Å². The molecule has 0 aliphatic rings. The van der Waals surface area contributed by atoms with Gasteiger partial charge in [-0.1, -0.05) is 60.7 Å². The number of benzene rings is 3. The molecule has 2 aromatic heterocycles. The van der Waals surface area contributed by atoms with Gasteiger partial charge in [-0.3, -0.25) is 9.89 Å². The van der Waals surface area contributed by atoms with E-state index in [4.69, 9.17) is 0 Å². The second-order valence-electron chi connectivity index (χ2n) is 8.59. The number of carboxylic acid groups (broad SMARTS) is 1. The first kappa shape index (κ1) is 25.1. The molecule has 5 rings (SSSR count). The Balaban J connectivity index is 1.33. The summed E-state index contributed by atoms with van der Waals surface area (Å²) in [7, 11) is -3.98. The van der Waals surface area contributed by atoms with Crippen LogP contribution in [0.5, 0.6) is 0 Å². The van der Waals surface area contributed by atoms with Gasteiger partial charge in [-0.25, -0.2) is 22.9 Å². The van der Waals surface area contributed by atoms with Crippen LogP contribution < -0.4 is 10.2 Å². The minimum atomic E-state index is -3.98. The van der Waals surface area contributed by atoms with Gasteiger partial charge in [0, 0.05) is 30.1 Å². The third kappa shape index (κ3) is 5.10. The number of hydrogen-bond acceptors (Lipinski definition) is 6. The lowest BCUT2D eigenvalue weighted by atomic mass is 9.91. The van der Waals surface area contributed by atoms with Gasteiger partial charge in [-0.2, -0.15) is 5.10 Å². The maximum atomic E-state index is 12.9. The van der Waals surface area contributed by atoms with E-state index in [0.717, 1.165) is 17.3 Å². The molecule has 0 aliphatic carbocycles. The fourth-order valence-corrected chi connectivity index (χ4v) is 5.30. The number of aromatic nitrogens is 4. The predicted octanol–water partition coefficient (Wildman–Crippen LogP) is 3.05. The normalized spacial score (nSPS) is 11.7. The largest absolute Gasteiger partial charge is 0.477 e. The number of nitrogens with one attached hydrogen (secondary N) is 3. The molecule has 0 saturated heterocycles. The molecule has 0 radical (unpaired) electrons. The van der Waals surface area contributed by atoms with Gasteiger partial charge < -0.3 is 10.1 Å². The SMILES string of the molecule is O=C(O)c1c[nH]c2ccc(S(=O)(=O)NCCc3nc(C(c4ccccc4)c4ccccc4)n[nH]3)cc2c1=O. The molecule has 10 nitrogen and oxygen atoms in total. The van der Waals surface area contributed by atoms with Gasteiger partial charge in [-0.15, -0.1) is 0 Å². The van der Waals surface area contributed by atoms with E-state index >= 15 is 0 Å². The van der Waals surface area contributed by atoms with Crippen molar-refractivity contribution >= 4 is 26.9 Å². The highest BCUT2D eigenvalue weighted by Crippen LogP contribution is 2.29. The van der Waals surface area contributed by atoms with Crippen molar-refractivity contribution in [3.63, 3.8) is 0 Å². The Morgan fingerprint density at radius 2 is 1.63 bits per heavy atom. The van der Waals surface area contributed by atoms with Gasteiger partial charge in [0.2, 0.25) is 15.5 Å². The highest BCUT2D eigenvalue weighted by Gasteiger charge is 2.22. The molecular weight excluding hydrogens is 506 g/mol. The lowest BCUT2D eigenvalue weighted by molar-refractivity contribution is 0.0695. The van der Waals surface area contributed by atoms with Crippen LogP contribution in [0, 0.1) is 0 Å². The minimum absolute atomic E-state index is 0.0273. The molecule has 0 aliphatic heterocycles. The number of carboxylic acids is 1. The van der Waals surface area contributed by atoms with Gasteiger partial charge >= 0.3 is 5.97 Å². The van der Waals surface area contributed by atoms with Crippen molar-refractivity contribution in [2.45, 2.75) is 17.2 Å². The number of fused-ring (bicyclic) bond motifs is 1. The number of carbonyl (C=O) groups is 1. The van der Waals surface area contributed by atoms with Crippen molar-refractivity contribution in [2.24, 2.45) is 0 Å². The summed E-state index contributed by atoms with van der Waals surface area (Å²) >= 11 is 0. The number of nitrogens with zero attached hydrogens (tertiary/aromatic N) is 2. The van der Waals surface area contributed by atoms with Crippen LogP contribution in [0.3, 0.4) is 0 Å². The molecule has 0 spiro atoms. The summed E-state index contributed by atoms with van der Waals surface area (Å²) in [6.45, 7) is 0.0296. The molecule has 0 unspecified atom stereocenters. The Morgan fingerprint density at radius 3 is 2.26 bits per heavy atom. The third-order valence-corrected chi connectivity index (χ3v) is 7.58. The number of rotatable bonds is 9. The monoisotopic (exact) mass is 529 g/mol. The van der Waals surface area contributed by atoms with Crippen molar-refractivity contribution in [2.75, 3.05) is 6.54 Å². The number of sulfonamides is 1. The first-order valence-electron chi connectivity index (χ1n) is 11.7. The number of H-pyrrole nitrogens is 2. The van der Waals surface area contributed by atoms with Gasteiger partial charge in [0.1, 0.15) is 11.4 Å². The summed E-state index contributed by atoms with van der Waals surface area (Å²) in [5, 5.41) is 16.5. The number of pyridine rings is 1. The Morgan fingerprint density at radius 1 is 0.974 bits per heavy atom. The fourth-order valence-electron chi connectivity index (χ4n) is 4.24. The summed E-state index contributed by atoms with van der Waals surface area (Å²) < 4.78 is 28.3. The van der Waals surface area contributed by atoms with E-state index in [1.807, 2.05) is 60.7 Å². The van der Waals surface area contributed by atoms with Crippen LogP contribution in [-0.4, -0.2) is 46.2 Å². The van der Waals surface area contributed by atoms with E-state index in [-0.39, 0.29) is 29.2 Å². The maximum Gasteiger partial charge on any atom is 0.341 e. The molecule has 0 amide bonds. The van der Waals surface area contributed by atoms with Crippen LogP contribution >= 0.6 is 0 Å². The molecular formula is C27H23N5O5S. The summed E-state index contributed by atoms with van der Waals surface area (Å²) in [4.78, 5) is 30.9. The second-order valence-corrected chi connectivity index (χ2v) is 10.4. The van der Waals surface area contributed by atoms with Gasteiger partial charge in [0.15, 0.2) is 5.82 Å². The third-order valence-electron chi connectivity index (χ3n) is 6.12. The van der Waals surface area contributed by atoms with Crippen LogP contribution in [0.1, 0.15) is 39.1 Å². The van der Waals surface area contributed by atoms with Gasteiger partial charge in [0.25, 0.3) is 0 Å². The Hall–Kier alpha value is -4.61. The maximum absolute atomic E-state index is 12.9. The smallest absolute Gasteiger partial charge is 0.341 e. The van der Waals surface area contributed by atoms with Crippen LogP contribution in [0.15, 0.2) is 94.7 Å². The minimum Gasteiger partial charge on any atom is -0.477 e. The van der Waals surface area contributed by atoms with Crippen molar-refractivity contribution in [1.29, 1.82) is 0 Å². The molecule has 0 fully saturated rings. The summed E-state index contributed by atoms with van der Waals surface area (Å²) in [5.41, 5.74) is 1.17. The molecule has 192 valence electrons. The number of hydrogen-bond donors (Lipinski definition) is 4. The van der Waals surface area contributed by atoms with Crippen molar-refractivity contribution < 1.29 is 18.3 Å². The highest BCUT2D eigenvalue weighted by molar-refractivity contribution is 7.89. The van der Waals surface area contributed by atoms with E-state index in [0.29, 0.717) is 17.2 Å². The molecule has 3 aromatic carbocycles. The first-order chi connectivity index (χ1) is 18.3. The van der Waals surface area contributed by atoms with Crippen LogP contribution in [0.4, 0.5) is 0 Å². The molecule has 38 heavy (non-hydrogen) atoms. The molecule has 5 aromatic rings. The molecule has 0 bridgehead atoms. The van der Waals surface area contributed by atoms with Crippen molar-refractivity contribution in [3.8, 4) is 0 Å². The average Bonchev–Trinajstić information content (AvgIpc) is 3.38. The fraction of sp³-hybridized carbons (Fsp3) is 0.111. The zero-order valence-corrected chi connectivity index (χ0v) is 20.8. The van der Waals surface area contributed by atoms with Crippen LogP contribution in [0.2, 0.25) is 0 Å². The van der Waals surface area contributed by atoms with Crippen molar-refractivity contribution in [1.82, 2.24) is 24.9 Å². The zero-order valence-electron chi connectivity index (χ0n) is 20.0. The molecule has 2 heterocycles. The lowest BCUT2D eigenvalue weighted by Crippen LogP contribution is -2.26. The Labute approximate surface area is 217 Å². The van der Waals surface area contributed by atoms with E-state index in [1.54, 1.807) is 0 Å². The predicted molar refractivity (Wildman–Crippen MR) is 141 cm³/mol. The second kappa shape index (κ2) is 10.4. The van der Waals surface area contributed by atoms with Gasteiger partial charge in [0.05, 0.1) is 10.8 Å². The van der Waals surface area contributed by atoms with Crippen molar-refractivity contribution in [3.05, 3.63) is 124 Å². The van der Waals surface area contributed by atoms with E-state index in [9.17, 15) is 23.1 Å². The summed E-state index contributed by atoms with van der Waals surface area (Å²) in [5.74, 6) is -0.498. The Bertz CT molecular complexity index is 1730. The van der Waals surface area contributed by atoms with E-state index < -0.39 is 27.0 Å². The Kier molecular flexibility index (Phi) is 6.86. The molecule has 4 N–H and O–H groups in total. The summed E-state index contributed by atoms with van der Waals surface area (Å²) in [6.07, 6.45) is 1.34. The molecule has 11 heteroatoms. The van der Waals surface area contributed by atoms with Gasteiger partial charge in [-0.05, 0) is 29.3 Å². The quantitative estimate of drug-likeness (QED) is 0.228. The number of aromatic carboxylic acids is 1. The standard InChI is InChI=1S/C27H23N5O5S/c33-25-20-15-19(11-12-22(20)28-16-21(25)27(34)35)38(36,37)29-14-13-23-30-26(32-31-23)24(17-7-3-1-4-8-17)18-9-5-2-6-10-18/h1-12,15-16,24,29H,13-14H2,(H,28,33)(H,34,35)(H,30,31,32). The highest BCUT2D eigenvalue weighted by atomic mass is 32.2. The molecule has 0 atom stereocenters. The lowest BCUT2D eigenvalue weighted by Gasteiger charge is -2.14. The first-order valence-corrected chi connectivity index (χ1v) is 13.2. The topological polar surface area (TPSA) is 158 Å². The molecule has 0 saturated carbocycles. The van der Waals surface area contributed by atoms with E-state index in [2.05, 4.69) is 24.9 Å². The van der Waals surface area contributed by atoms with E-state index in [1.165, 1.54) is 18.2 Å². The van der Waals surface area contributed by atoms with Crippen LogP contribution in [0.25, 0.3) is 10.9 Å². The average molecular weight is 530 g/mol. The number of aromatic amines is 2. The summed E-state index contributed by atoms with van der Waals surface area (Å²) in [6, 6.07) is 23.7. The zero-order chi connectivity index (χ0) is 26.7.